The highest BCUT2D eigenvalue weighted by Gasteiger charge is 2.20. The van der Waals surface area contributed by atoms with Crippen LogP contribution < -0.4 is 9.47 Å². The first kappa shape index (κ1) is 35.0. The van der Waals surface area contributed by atoms with Crippen molar-refractivity contribution in [1.82, 2.24) is 0 Å². The third-order valence-electron chi connectivity index (χ3n) is 7.93. The summed E-state index contributed by atoms with van der Waals surface area (Å²) >= 11 is 4.21. The highest BCUT2D eigenvalue weighted by atomic mass is 32.2. The van der Waals surface area contributed by atoms with E-state index in [4.69, 9.17) is 9.47 Å². The molecule has 0 unspecified atom stereocenters. The van der Waals surface area contributed by atoms with Crippen molar-refractivity contribution >= 4 is 45.1 Å². The molecule has 0 radical (unpaired) electrons. The Morgan fingerprint density at radius 2 is 0.976 bits per heavy atom. The minimum absolute atomic E-state index is 0.0701. The topological polar surface area (TPSA) is 18.5 Å². The van der Waals surface area contributed by atoms with Crippen LogP contribution in [0.2, 0.25) is 0 Å². The summed E-state index contributed by atoms with van der Waals surface area (Å²) in [4.78, 5) is 0. The van der Waals surface area contributed by atoms with Crippen LogP contribution in [0.3, 0.4) is 0 Å². The van der Waals surface area contributed by atoms with Crippen molar-refractivity contribution < 1.29 is 9.47 Å². The zero-order valence-corrected chi connectivity index (χ0v) is 29.0. The van der Waals surface area contributed by atoms with Gasteiger partial charge in [-0.05, 0) is 78.6 Å². The third-order valence-corrected chi connectivity index (χ3v) is 10.2. The molecule has 3 aromatic rings. The Morgan fingerprint density at radius 3 is 1.45 bits per heavy atom. The van der Waals surface area contributed by atoms with Gasteiger partial charge < -0.3 is 9.47 Å². The van der Waals surface area contributed by atoms with Crippen LogP contribution in [-0.4, -0.2) is 36.2 Å². The predicted molar refractivity (Wildman–Crippen MR) is 193 cm³/mol. The van der Waals surface area contributed by atoms with Crippen molar-refractivity contribution in [2.75, 3.05) is 36.2 Å². The quantitative estimate of drug-likeness (QED) is 0.0831. The average molecular weight is 611 g/mol. The molecule has 0 spiro atoms. The summed E-state index contributed by atoms with van der Waals surface area (Å²) in [5.74, 6) is 7.09. The number of ether oxygens (including phenoxy) is 2. The van der Waals surface area contributed by atoms with Gasteiger partial charge in [0.2, 0.25) is 0 Å². The van der Waals surface area contributed by atoms with E-state index in [0.717, 1.165) is 42.9 Å². The highest BCUT2D eigenvalue weighted by Crippen LogP contribution is 2.44. The Labute approximate surface area is 266 Å². The van der Waals surface area contributed by atoms with Crippen LogP contribution in [0.15, 0.2) is 42.5 Å². The number of hydrogen-bond acceptors (Lipinski definition) is 4. The molecule has 0 saturated heterocycles. The van der Waals surface area contributed by atoms with Gasteiger partial charge in [0.1, 0.15) is 11.5 Å². The fourth-order valence-corrected chi connectivity index (χ4v) is 7.34. The van der Waals surface area contributed by atoms with Gasteiger partial charge in [-0.1, -0.05) is 110 Å². The van der Waals surface area contributed by atoms with Gasteiger partial charge >= 0.3 is 0 Å². The molecule has 4 heteroatoms. The molecule has 0 saturated carbocycles. The van der Waals surface area contributed by atoms with Crippen molar-refractivity contribution in [3.8, 4) is 11.5 Å². The van der Waals surface area contributed by atoms with E-state index in [1.165, 1.54) is 109 Å². The largest absolute Gasteiger partial charge is 0.492 e. The predicted octanol–water partition coefficient (Wildman–Crippen LogP) is 12.2. The van der Waals surface area contributed by atoms with Crippen molar-refractivity contribution in [3.63, 3.8) is 0 Å². The monoisotopic (exact) mass is 610 g/mol. The molecule has 2 nitrogen and oxygen atoms in total. The Bertz CT molecular complexity index is 1170. The molecule has 0 atom stereocenters. The summed E-state index contributed by atoms with van der Waals surface area (Å²) in [6.45, 7) is 12.9. The molecule has 0 aliphatic rings. The van der Waals surface area contributed by atoms with Gasteiger partial charge in [-0.2, -0.15) is 23.5 Å². The lowest BCUT2D eigenvalue weighted by Gasteiger charge is -2.22. The fourth-order valence-electron chi connectivity index (χ4n) is 5.30. The van der Waals surface area contributed by atoms with Gasteiger partial charge in [0.15, 0.2) is 0 Å². The molecule has 0 heterocycles. The molecule has 0 aliphatic heterocycles. The minimum atomic E-state index is 0.0701. The number of fused-ring (bicyclic) bond motifs is 2. The smallest absolute Gasteiger partial charge is 0.135 e. The summed E-state index contributed by atoms with van der Waals surface area (Å²) in [6, 6.07) is 15.6. The summed E-state index contributed by atoms with van der Waals surface area (Å²) in [6.07, 6.45) is 15.4. The lowest BCUT2D eigenvalue weighted by Crippen LogP contribution is -2.11. The maximum absolute atomic E-state index is 6.65. The molecule has 0 aromatic heterocycles. The van der Waals surface area contributed by atoms with Crippen LogP contribution in [0.4, 0.5) is 0 Å². The fraction of sp³-hybridized carbons (Fsp3) is 0.632. The van der Waals surface area contributed by atoms with Crippen molar-refractivity contribution in [3.05, 3.63) is 48.0 Å². The van der Waals surface area contributed by atoms with Crippen LogP contribution in [0.25, 0.3) is 21.5 Å². The maximum atomic E-state index is 6.65. The Kier molecular flexibility index (Phi) is 16.4. The van der Waals surface area contributed by atoms with E-state index in [2.05, 4.69) is 101 Å². The zero-order chi connectivity index (χ0) is 30.0. The number of thioether (sulfide) groups is 2. The first-order valence-corrected chi connectivity index (χ1v) is 19.2. The summed E-state index contributed by atoms with van der Waals surface area (Å²) in [5.41, 5.74) is 1.40. The molecular weight excluding hydrogens is 553 g/mol. The molecule has 0 fully saturated rings. The standard InChI is InChI=1S/C38H58O2S2/c1-6-8-10-16-26-41-28-18-14-24-39-36-32-20-12-13-21-33(32)37(35-30-31(38(3,4)5)22-23-34(35)36)40-25-15-19-29-42-27-17-11-9-7-2/h12-13,20-23,30H,6-11,14-19,24-29H2,1-5H3. The summed E-state index contributed by atoms with van der Waals surface area (Å²) in [5, 5.41) is 4.68. The molecule has 42 heavy (non-hydrogen) atoms. The maximum Gasteiger partial charge on any atom is 0.135 e. The first-order valence-electron chi connectivity index (χ1n) is 16.9. The van der Waals surface area contributed by atoms with E-state index in [1.807, 2.05) is 0 Å². The molecule has 0 amide bonds. The second-order valence-electron chi connectivity index (χ2n) is 12.7. The number of unbranched alkanes of at least 4 members (excludes halogenated alkanes) is 8. The minimum Gasteiger partial charge on any atom is -0.492 e. The molecule has 0 N–H and O–H groups in total. The SMILES string of the molecule is CCCCCCSCCCCOc1c2ccccc2c(OCCCCSCCCCCC)c2cc(C(C)(C)C)ccc12. The van der Waals surface area contributed by atoms with Gasteiger partial charge in [0.25, 0.3) is 0 Å². The van der Waals surface area contributed by atoms with Crippen molar-refractivity contribution in [2.24, 2.45) is 0 Å². The molecule has 3 rings (SSSR count). The van der Waals surface area contributed by atoms with E-state index in [0.29, 0.717) is 0 Å². The summed E-state index contributed by atoms with van der Waals surface area (Å²) < 4.78 is 13.3. The number of rotatable bonds is 22. The highest BCUT2D eigenvalue weighted by molar-refractivity contribution is 7.99. The van der Waals surface area contributed by atoms with Crippen molar-refractivity contribution in [1.29, 1.82) is 0 Å². The van der Waals surface area contributed by atoms with Crippen LogP contribution in [-0.2, 0) is 5.41 Å². The molecular formula is C38H58O2S2. The zero-order valence-electron chi connectivity index (χ0n) is 27.4. The molecule has 0 bridgehead atoms. The van der Waals surface area contributed by atoms with Gasteiger partial charge in [0.05, 0.1) is 13.2 Å². The van der Waals surface area contributed by atoms with Crippen LogP contribution in [0.5, 0.6) is 11.5 Å². The van der Waals surface area contributed by atoms with Gasteiger partial charge in [-0.15, -0.1) is 0 Å². The summed E-state index contributed by atoms with van der Waals surface area (Å²) in [7, 11) is 0. The lowest BCUT2D eigenvalue weighted by atomic mass is 9.85. The lowest BCUT2D eigenvalue weighted by molar-refractivity contribution is 0.312. The number of hydrogen-bond donors (Lipinski definition) is 0. The molecule has 234 valence electrons. The van der Waals surface area contributed by atoms with Crippen LogP contribution >= 0.6 is 23.5 Å². The molecule has 0 aliphatic carbocycles. The van der Waals surface area contributed by atoms with E-state index < -0.39 is 0 Å². The van der Waals surface area contributed by atoms with E-state index in [1.54, 1.807) is 0 Å². The first-order chi connectivity index (χ1) is 20.5. The van der Waals surface area contributed by atoms with Gasteiger partial charge in [0, 0.05) is 21.5 Å². The second kappa shape index (κ2) is 19.7. The van der Waals surface area contributed by atoms with Gasteiger partial charge in [-0.25, -0.2) is 0 Å². The Hall–Kier alpha value is -1.52. The van der Waals surface area contributed by atoms with E-state index in [-0.39, 0.29) is 5.41 Å². The van der Waals surface area contributed by atoms with Crippen LogP contribution in [0.1, 0.15) is 117 Å². The Balaban J connectivity index is 1.68. The third kappa shape index (κ3) is 11.5. The average Bonchev–Trinajstić information content (AvgIpc) is 2.98. The van der Waals surface area contributed by atoms with Crippen LogP contribution in [0, 0.1) is 0 Å². The Morgan fingerprint density at radius 1 is 0.524 bits per heavy atom. The normalized spacial score (nSPS) is 11.9. The van der Waals surface area contributed by atoms with Gasteiger partial charge in [-0.3, -0.25) is 0 Å². The van der Waals surface area contributed by atoms with E-state index >= 15 is 0 Å². The van der Waals surface area contributed by atoms with E-state index in [9.17, 15) is 0 Å². The molecule has 3 aromatic carbocycles. The number of benzene rings is 3. The van der Waals surface area contributed by atoms with Crippen molar-refractivity contribution in [2.45, 2.75) is 117 Å². The second-order valence-corrected chi connectivity index (χ2v) is 15.1.